The van der Waals surface area contributed by atoms with Gasteiger partial charge in [-0.15, -0.1) is 5.10 Å². The van der Waals surface area contributed by atoms with Crippen LogP contribution in [0.4, 0.5) is 0 Å². The standard InChI is InChI=1S/C17H26ClN3O/c1-2-3-4-5-6-7-8-9-10-14-21-17(22)20-13-11-12-15(18)16(20)19-21/h11-13H,2-10,14H2,1H3. The predicted octanol–water partition coefficient (Wildman–Crippen LogP) is 4.68. The third-order valence-electron chi connectivity index (χ3n) is 4.04. The first-order chi connectivity index (χ1) is 10.7. The van der Waals surface area contributed by atoms with Crippen molar-refractivity contribution in [1.29, 1.82) is 0 Å². The normalized spacial score (nSPS) is 11.4. The summed E-state index contributed by atoms with van der Waals surface area (Å²) in [6.07, 6.45) is 13.1. The Morgan fingerprint density at radius 2 is 1.68 bits per heavy atom. The number of aryl methyl sites for hydroxylation is 1. The fourth-order valence-electron chi connectivity index (χ4n) is 2.72. The summed E-state index contributed by atoms with van der Waals surface area (Å²) >= 11 is 6.06. The van der Waals surface area contributed by atoms with Gasteiger partial charge in [-0.1, -0.05) is 69.9 Å². The van der Waals surface area contributed by atoms with E-state index in [1.54, 1.807) is 18.3 Å². The molecule has 2 aromatic heterocycles. The van der Waals surface area contributed by atoms with E-state index in [2.05, 4.69) is 12.0 Å². The summed E-state index contributed by atoms with van der Waals surface area (Å²) in [4.78, 5) is 12.2. The van der Waals surface area contributed by atoms with Gasteiger partial charge in [0.25, 0.3) is 0 Å². The molecule has 0 atom stereocenters. The van der Waals surface area contributed by atoms with Gasteiger partial charge >= 0.3 is 5.69 Å². The second-order valence-corrected chi connectivity index (χ2v) is 6.29. The van der Waals surface area contributed by atoms with E-state index in [9.17, 15) is 4.79 Å². The topological polar surface area (TPSA) is 39.3 Å². The Morgan fingerprint density at radius 1 is 1.05 bits per heavy atom. The van der Waals surface area contributed by atoms with Crippen LogP contribution in [0.25, 0.3) is 5.65 Å². The molecule has 0 fully saturated rings. The average Bonchev–Trinajstić information content (AvgIpc) is 2.84. The third kappa shape index (κ3) is 4.60. The highest BCUT2D eigenvalue weighted by Crippen LogP contribution is 2.13. The van der Waals surface area contributed by atoms with Gasteiger partial charge in [0.1, 0.15) is 0 Å². The molecule has 0 spiro atoms. The van der Waals surface area contributed by atoms with Crippen molar-refractivity contribution < 1.29 is 0 Å². The first-order valence-corrected chi connectivity index (χ1v) is 8.85. The Kier molecular flexibility index (Phi) is 6.97. The fraction of sp³-hybridized carbons (Fsp3) is 0.647. The van der Waals surface area contributed by atoms with E-state index in [4.69, 9.17) is 11.6 Å². The van der Waals surface area contributed by atoms with Gasteiger partial charge in [-0.05, 0) is 18.6 Å². The first kappa shape index (κ1) is 17.1. The van der Waals surface area contributed by atoms with Gasteiger partial charge in [0.15, 0.2) is 5.65 Å². The number of pyridine rings is 1. The number of fused-ring (bicyclic) bond motifs is 1. The molecule has 0 saturated heterocycles. The van der Waals surface area contributed by atoms with Crippen LogP contribution in [0.15, 0.2) is 23.1 Å². The average molecular weight is 324 g/mol. The second-order valence-electron chi connectivity index (χ2n) is 5.88. The molecule has 2 rings (SSSR count). The minimum Gasteiger partial charge on any atom is -0.249 e. The Hall–Kier alpha value is -1.29. The number of unbranched alkanes of at least 4 members (excludes halogenated alkanes) is 8. The van der Waals surface area contributed by atoms with Gasteiger partial charge in [-0.3, -0.25) is 0 Å². The summed E-state index contributed by atoms with van der Waals surface area (Å²) in [5, 5.41) is 4.83. The number of hydrogen-bond donors (Lipinski definition) is 0. The third-order valence-corrected chi connectivity index (χ3v) is 4.33. The maximum absolute atomic E-state index is 12.2. The van der Waals surface area contributed by atoms with Crippen molar-refractivity contribution in [3.05, 3.63) is 33.8 Å². The van der Waals surface area contributed by atoms with E-state index in [1.807, 2.05) is 0 Å². The number of rotatable bonds is 10. The molecular formula is C17H26ClN3O. The van der Waals surface area contributed by atoms with Crippen molar-refractivity contribution in [2.24, 2.45) is 0 Å². The molecule has 0 bridgehead atoms. The summed E-state index contributed by atoms with van der Waals surface area (Å²) in [6.45, 7) is 2.92. The second kappa shape index (κ2) is 8.99. The van der Waals surface area contributed by atoms with Gasteiger partial charge in [-0.25, -0.2) is 13.9 Å². The molecule has 0 aliphatic heterocycles. The van der Waals surface area contributed by atoms with Gasteiger partial charge in [0.2, 0.25) is 0 Å². The van der Waals surface area contributed by atoms with E-state index >= 15 is 0 Å². The van der Waals surface area contributed by atoms with Gasteiger partial charge in [-0.2, -0.15) is 0 Å². The van der Waals surface area contributed by atoms with Crippen LogP contribution in [0.3, 0.4) is 0 Å². The molecule has 2 aromatic rings. The number of halogens is 1. The van der Waals surface area contributed by atoms with Crippen molar-refractivity contribution in [3.8, 4) is 0 Å². The molecule has 0 radical (unpaired) electrons. The Bertz CT molecular complexity index is 632. The van der Waals surface area contributed by atoms with Crippen molar-refractivity contribution in [1.82, 2.24) is 14.2 Å². The lowest BCUT2D eigenvalue weighted by Gasteiger charge is -2.02. The monoisotopic (exact) mass is 323 g/mol. The maximum atomic E-state index is 12.2. The highest BCUT2D eigenvalue weighted by Gasteiger charge is 2.08. The van der Waals surface area contributed by atoms with Crippen molar-refractivity contribution in [2.75, 3.05) is 0 Å². The minimum absolute atomic E-state index is 0.0999. The van der Waals surface area contributed by atoms with E-state index in [0.29, 0.717) is 17.2 Å². The molecule has 22 heavy (non-hydrogen) atoms. The van der Waals surface area contributed by atoms with Crippen LogP contribution in [0.1, 0.15) is 64.7 Å². The first-order valence-electron chi connectivity index (χ1n) is 8.47. The summed E-state index contributed by atoms with van der Waals surface area (Å²) < 4.78 is 3.04. The number of hydrogen-bond acceptors (Lipinski definition) is 2. The highest BCUT2D eigenvalue weighted by molar-refractivity contribution is 6.33. The predicted molar refractivity (Wildman–Crippen MR) is 91.7 cm³/mol. The largest absolute Gasteiger partial charge is 0.350 e. The fourth-order valence-corrected chi connectivity index (χ4v) is 2.93. The quantitative estimate of drug-likeness (QED) is 0.595. The summed E-state index contributed by atoms with van der Waals surface area (Å²) in [6, 6.07) is 3.52. The SMILES string of the molecule is CCCCCCCCCCCn1nc2c(Cl)cccn2c1=O. The van der Waals surface area contributed by atoms with Crippen molar-refractivity contribution >= 4 is 17.2 Å². The van der Waals surface area contributed by atoms with Crippen LogP contribution in [0.5, 0.6) is 0 Å². The molecule has 2 heterocycles. The number of aromatic nitrogens is 3. The Morgan fingerprint density at radius 3 is 2.32 bits per heavy atom. The smallest absolute Gasteiger partial charge is 0.249 e. The van der Waals surface area contributed by atoms with Crippen LogP contribution in [-0.2, 0) is 6.54 Å². The summed E-state index contributed by atoms with van der Waals surface area (Å²) in [7, 11) is 0. The molecule has 122 valence electrons. The summed E-state index contributed by atoms with van der Waals surface area (Å²) in [5.74, 6) is 0. The highest BCUT2D eigenvalue weighted by atomic mass is 35.5. The molecule has 0 unspecified atom stereocenters. The van der Waals surface area contributed by atoms with E-state index < -0.39 is 0 Å². The van der Waals surface area contributed by atoms with E-state index in [1.165, 1.54) is 54.0 Å². The Balaban J connectivity index is 1.71. The van der Waals surface area contributed by atoms with Crippen molar-refractivity contribution in [3.63, 3.8) is 0 Å². The van der Waals surface area contributed by atoms with Gasteiger partial charge in [0, 0.05) is 12.7 Å². The minimum atomic E-state index is -0.0999. The zero-order chi connectivity index (χ0) is 15.8. The van der Waals surface area contributed by atoms with Crippen LogP contribution in [-0.4, -0.2) is 14.2 Å². The molecule has 0 amide bonds. The molecule has 0 aromatic carbocycles. The Labute approximate surface area is 137 Å². The molecule has 5 heteroatoms. The molecule has 0 aliphatic carbocycles. The van der Waals surface area contributed by atoms with Crippen LogP contribution < -0.4 is 5.69 Å². The van der Waals surface area contributed by atoms with Crippen LogP contribution in [0.2, 0.25) is 5.02 Å². The zero-order valence-electron chi connectivity index (χ0n) is 13.4. The van der Waals surface area contributed by atoms with Gasteiger partial charge < -0.3 is 0 Å². The zero-order valence-corrected chi connectivity index (χ0v) is 14.2. The van der Waals surface area contributed by atoms with E-state index in [0.717, 1.165) is 12.8 Å². The number of nitrogens with zero attached hydrogens (tertiary/aromatic N) is 3. The van der Waals surface area contributed by atoms with Crippen LogP contribution >= 0.6 is 11.6 Å². The lowest BCUT2D eigenvalue weighted by atomic mass is 10.1. The van der Waals surface area contributed by atoms with Crippen LogP contribution in [0, 0.1) is 0 Å². The van der Waals surface area contributed by atoms with Gasteiger partial charge in [0.05, 0.1) is 5.02 Å². The molecule has 4 nitrogen and oxygen atoms in total. The summed E-state index contributed by atoms with van der Waals surface area (Å²) in [5.41, 5.74) is 0.446. The van der Waals surface area contributed by atoms with E-state index in [-0.39, 0.29) is 5.69 Å². The molecular weight excluding hydrogens is 298 g/mol. The lowest BCUT2D eigenvalue weighted by molar-refractivity contribution is 0.509. The molecule has 0 saturated carbocycles. The lowest BCUT2D eigenvalue weighted by Crippen LogP contribution is -2.21. The molecule has 0 aliphatic rings. The maximum Gasteiger partial charge on any atom is 0.350 e. The van der Waals surface area contributed by atoms with Crippen molar-refractivity contribution in [2.45, 2.75) is 71.3 Å². The molecule has 0 N–H and O–H groups in total.